The number of rotatable bonds is 7. The van der Waals surface area contributed by atoms with Gasteiger partial charge in [0.15, 0.2) is 0 Å². The highest BCUT2D eigenvalue weighted by molar-refractivity contribution is 5.33. The van der Waals surface area contributed by atoms with E-state index in [0.717, 1.165) is 18.7 Å². The number of ether oxygens (including phenoxy) is 1. The van der Waals surface area contributed by atoms with E-state index in [4.69, 9.17) is 10.00 Å². The number of nitrogens with one attached hydrogen (secondary N) is 1. The molecule has 1 saturated carbocycles. The zero-order valence-electron chi connectivity index (χ0n) is 11.8. The molecule has 0 atom stereocenters. The van der Waals surface area contributed by atoms with Crippen LogP contribution in [0, 0.1) is 16.7 Å². The summed E-state index contributed by atoms with van der Waals surface area (Å²) < 4.78 is 5.84. The predicted octanol–water partition coefficient (Wildman–Crippen LogP) is 3.26. The van der Waals surface area contributed by atoms with E-state index in [2.05, 4.69) is 17.5 Å². The van der Waals surface area contributed by atoms with Crippen molar-refractivity contribution in [3.05, 3.63) is 29.8 Å². The van der Waals surface area contributed by atoms with Crippen molar-refractivity contribution in [3.63, 3.8) is 0 Å². The van der Waals surface area contributed by atoms with Crippen LogP contribution in [0.1, 0.15) is 38.7 Å². The molecule has 0 aromatic heterocycles. The normalized spacial score (nSPS) is 15.0. The lowest BCUT2D eigenvalue weighted by Gasteiger charge is -2.17. The van der Waals surface area contributed by atoms with E-state index in [0.29, 0.717) is 12.6 Å². The standard InChI is InChI=1S/C16H22N2O/c1-16(2,12-17)9-10-19-15-6-4-3-5-13(15)11-18-14-7-8-14/h3-6,14,18H,7-11H2,1-2H3. The molecule has 0 aliphatic heterocycles. The van der Waals surface area contributed by atoms with E-state index in [1.165, 1.54) is 18.4 Å². The molecule has 1 aliphatic carbocycles. The number of para-hydroxylation sites is 1. The Labute approximate surface area is 115 Å². The minimum Gasteiger partial charge on any atom is -0.493 e. The Balaban J connectivity index is 1.86. The minimum atomic E-state index is -0.318. The lowest BCUT2D eigenvalue weighted by Crippen LogP contribution is -2.17. The van der Waals surface area contributed by atoms with Crippen LogP contribution in [0.5, 0.6) is 5.75 Å². The van der Waals surface area contributed by atoms with E-state index >= 15 is 0 Å². The van der Waals surface area contributed by atoms with Crippen molar-refractivity contribution in [2.45, 2.75) is 45.7 Å². The first-order valence-corrected chi connectivity index (χ1v) is 6.96. The van der Waals surface area contributed by atoms with Gasteiger partial charge in [-0.3, -0.25) is 0 Å². The van der Waals surface area contributed by atoms with Crippen molar-refractivity contribution in [1.29, 1.82) is 5.26 Å². The summed E-state index contributed by atoms with van der Waals surface area (Å²) >= 11 is 0. The zero-order valence-corrected chi connectivity index (χ0v) is 11.8. The fourth-order valence-electron chi connectivity index (χ4n) is 1.80. The molecule has 0 bridgehead atoms. The van der Waals surface area contributed by atoms with Gasteiger partial charge in [-0.1, -0.05) is 18.2 Å². The first-order valence-electron chi connectivity index (χ1n) is 6.96. The summed E-state index contributed by atoms with van der Waals surface area (Å²) in [5.74, 6) is 0.935. The molecule has 2 rings (SSSR count). The molecule has 1 aliphatic rings. The minimum absolute atomic E-state index is 0.318. The molecule has 1 N–H and O–H groups in total. The molecular formula is C16H22N2O. The Kier molecular flexibility index (Phi) is 4.44. The highest BCUT2D eigenvalue weighted by Gasteiger charge is 2.21. The molecule has 0 unspecified atom stereocenters. The maximum Gasteiger partial charge on any atom is 0.123 e. The van der Waals surface area contributed by atoms with Gasteiger partial charge in [-0.05, 0) is 39.2 Å². The summed E-state index contributed by atoms with van der Waals surface area (Å²) in [5, 5.41) is 12.5. The van der Waals surface area contributed by atoms with E-state index < -0.39 is 0 Å². The van der Waals surface area contributed by atoms with Gasteiger partial charge in [0, 0.05) is 18.2 Å². The monoisotopic (exact) mass is 258 g/mol. The fraction of sp³-hybridized carbons (Fsp3) is 0.562. The van der Waals surface area contributed by atoms with Gasteiger partial charge in [0.2, 0.25) is 0 Å². The SMILES string of the molecule is CC(C)(C#N)CCOc1ccccc1CNC1CC1. The average molecular weight is 258 g/mol. The Morgan fingerprint density at radius 1 is 1.37 bits per heavy atom. The van der Waals surface area contributed by atoms with Crippen LogP contribution >= 0.6 is 0 Å². The van der Waals surface area contributed by atoms with Gasteiger partial charge in [-0.25, -0.2) is 0 Å². The van der Waals surface area contributed by atoms with Gasteiger partial charge >= 0.3 is 0 Å². The van der Waals surface area contributed by atoms with Crippen LogP contribution in [0.4, 0.5) is 0 Å². The summed E-state index contributed by atoms with van der Waals surface area (Å²) in [5.41, 5.74) is 0.880. The maximum absolute atomic E-state index is 8.98. The number of hydrogen-bond donors (Lipinski definition) is 1. The Morgan fingerprint density at radius 3 is 2.79 bits per heavy atom. The summed E-state index contributed by atoms with van der Waals surface area (Å²) in [7, 11) is 0. The Hall–Kier alpha value is -1.53. The third-order valence-electron chi connectivity index (χ3n) is 3.42. The van der Waals surface area contributed by atoms with E-state index in [1.54, 1.807) is 0 Å². The number of nitriles is 1. The van der Waals surface area contributed by atoms with Crippen molar-refractivity contribution >= 4 is 0 Å². The summed E-state index contributed by atoms with van der Waals surface area (Å²) in [6.45, 7) is 5.33. The van der Waals surface area contributed by atoms with Gasteiger partial charge in [0.1, 0.15) is 5.75 Å². The molecule has 19 heavy (non-hydrogen) atoms. The second kappa shape index (κ2) is 6.08. The van der Waals surface area contributed by atoms with Crippen LogP contribution in [-0.2, 0) is 6.54 Å². The number of nitrogens with zero attached hydrogens (tertiary/aromatic N) is 1. The molecular weight excluding hydrogens is 236 g/mol. The van der Waals surface area contributed by atoms with Crippen LogP contribution in [0.15, 0.2) is 24.3 Å². The Morgan fingerprint density at radius 2 is 2.11 bits per heavy atom. The van der Waals surface area contributed by atoms with Crippen molar-refractivity contribution in [1.82, 2.24) is 5.32 Å². The fourth-order valence-corrected chi connectivity index (χ4v) is 1.80. The van der Waals surface area contributed by atoms with Crippen LogP contribution in [0.25, 0.3) is 0 Å². The molecule has 0 radical (unpaired) electrons. The molecule has 3 heteroatoms. The third-order valence-corrected chi connectivity index (χ3v) is 3.42. The highest BCUT2D eigenvalue weighted by atomic mass is 16.5. The quantitative estimate of drug-likeness (QED) is 0.816. The van der Waals surface area contributed by atoms with E-state index in [9.17, 15) is 0 Å². The number of hydrogen-bond acceptors (Lipinski definition) is 3. The average Bonchev–Trinajstić information content (AvgIpc) is 3.21. The molecule has 3 nitrogen and oxygen atoms in total. The van der Waals surface area contributed by atoms with E-state index in [1.807, 2.05) is 32.0 Å². The van der Waals surface area contributed by atoms with Crippen molar-refractivity contribution in [3.8, 4) is 11.8 Å². The second-order valence-electron chi connectivity index (χ2n) is 5.86. The molecule has 1 fully saturated rings. The Bertz CT molecular complexity index is 458. The predicted molar refractivity (Wildman–Crippen MR) is 75.8 cm³/mol. The van der Waals surface area contributed by atoms with Crippen LogP contribution < -0.4 is 10.1 Å². The lowest BCUT2D eigenvalue weighted by atomic mass is 9.92. The molecule has 0 saturated heterocycles. The van der Waals surface area contributed by atoms with Crippen LogP contribution in [-0.4, -0.2) is 12.6 Å². The molecule has 102 valence electrons. The molecule has 0 heterocycles. The van der Waals surface area contributed by atoms with Gasteiger partial charge in [0.25, 0.3) is 0 Å². The van der Waals surface area contributed by atoms with Crippen LogP contribution in [0.3, 0.4) is 0 Å². The van der Waals surface area contributed by atoms with Gasteiger partial charge < -0.3 is 10.1 Å². The highest BCUT2D eigenvalue weighted by Crippen LogP contribution is 2.24. The summed E-state index contributed by atoms with van der Waals surface area (Å²) in [6.07, 6.45) is 3.33. The third kappa shape index (κ3) is 4.57. The van der Waals surface area contributed by atoms with E-state index in [-0.39, 0.29) is 5.41 Å². The second-order valence-corrected chi connectivity index (χ2v) is 5.86. The molecule has 1 aromatic rings. The lowest BCUT2D eigenvalue weighted by molar-refractivity contribution is 0.262. The molecule has 0 amide bonds. The molecule has 0 spiro atoms. The van der Waals surface area contributed by atoms with Gasteiger partial charge in [-0.2, -0.15) is 5.26 Å². The first-order chi connectivity index (χ1) is 9.11. The van der Waals surface area contributed by atoms with Crippen LogP contribution in [0.2, 0.25) is 0 Å². The summed E-state index contributed by atoms with van der Waals surface area (Å²) in [6, 6.07) is 11.1. The maximum atomic E-state index is 8.98. The largest absolute Gasteiger partial charge is 0.493 e. The zero-order chi connectivity index (χ0) is 13.7. The smallest absolute Gasteiger partial charge is 0.123 e. The van der Waals surface area contributed by atoms with Gasteiger partial charge in [0.05, 0.1) is 18.1 Å². The molecule has 1 aromatic carbocycles. The topological polar surface area (TPSA) is 45.0 Å². The first kappa shape index (κ1) is 13.9. The van der Waals surface area contributed by atoms with Gasteiger partial charge in [-0.15, -0.1) is 0 Å². The summed E-state index contributed by atoms with van der Waals surface area (Å²) in [4.78, 5) is 0. The van der Waals surface area contributed by atoms with Crippen molar-refractivity contribution in [2.24, 2.45) is 5.41 Å². The van der Waals surface area contributed by atoms with Crippen molar-refractivity contribution in [2.75, 3.05) is 6.61 Å². The number of benzene rings is 1. The van der Waals surface area contributed by atoms with Crippen molar-refractivity contribution < 1.29 is 4.74 Å².